The summed E-state index contributed by atoms with van der Waals surface area (Å²) in [4.78, 5) is 103. The van der Waals surface area contributed by atoms with Gasteiger partial charge < -0.3 is 39.9 Å². The van der Waals surface area contributed by atoms with E-state index in [2.05, 4.69) is 10.6 Å². The van der Waals surface area contributed by atoms with E-state index in [4.69, 9.17) is 14.3 Å². The molecule has 6 amide bonds. The molecular weight excluding hydrogens is 849 g/mol. The molecule has 0 aromatic heterocycles. The van der Waals surface area contributed by atoms with Crippen LogP contribution in [0.5, 0.6) is 0 Å². The number of imide groups is 1. The predicted molar refractivity (Wildman–Crippen MR) is 249 cm³/mol. The van der Waals surface area contributed by atoms with E-state index < -0.39 is 66.2 Å². The number of carbonyl (C=O) groups excluding carboxylic acids is 7. The Balaban J connectivity index is 1.66. The van der Waals surface area contributed by atoms with Gasteiger partial charge in [0.25, 0.3) is 11.8 Å². The second-order valence-electron chi connectivity index (χ2n) is 19.0. The molecule has 0 bridgehead atoms. The van der Waals surface area contributed by atoms with E-state index >= 15 is 0 Å². The zero-order chi connectivity index (χ0) is 49.4. The molecule has 2 saturated heterocycles. The second kappa shape index (κ2) is 26.8. The molecule has 0 saturated carbocycles. The zero-order valence-corrected chi connectivity index (χ0v) is 41.6. The van der Waals surface area contributed by atoms with Gasteiger partial charge in [-0.05, 0) is 69.5 Å². The summed E-state index contributed by atoms with van der Waals surface area (Å²) in [5.74, 6) is -3.82. The van der Waals surface area contributed by atoms with Crippen molar-refractivity contribution in [3.05, 3.63) is 35.9 Å². The minimum Gasteiger partial charge on any atom is -0.386 e. The summed E-state index contributed by atoms with van der Waals surface area (Å²) < 4.78 is 12.0. The number of carbonyl (C=O) groups is 7. The summed E-state index contributed by atoms with van der Waals surface area (Å²) in [6.07, 6.45) is 1.75. The predicted octanol–water partition coefficient (Wildman–Crippen LogP) is 4.41. The topological polar surface area (TPSA) is 204 Å². The molecule has 2 heterocycles. The van der Waals surface area contributed by atoms with Crippen molar-refractivity contribution in [3.8, 4) is 0 Å². The number of hydrogen-bond acceptors (Lipinski definition) is 12. The SMILES string of the molecule is CCC(C)C(C(CC(=O)N1CCC[C@H]1C(OC)C(C)C(=O)NC(C)C(O)c1ccccc1)OC)N(C)C(=O)C(NC(=O)C(C(C)C)N(C)CCCCCC(=O)ON1C(=O)CCC1=O)C(C)C. The number of ether oxygens (including phenoxy) is 2. The Morgan fingerprint density at radius 3 is 2.05 bits per heavy atom. The van der Waals surface area contributed by atoms with Crippen LogP contribution in [0.4, 0.5) is 0 Å². The molecule has 1 aromatic carbocycles. The minimum absolute atomic E-state index is 0.0190. The lowest BCUT2D eigenvalue weighted by atomic mass is 9.89. The van der Waals surface area contributed by atoms with Gasteiger partial charge in [0.2, 0.25) is 23.6 Å². The Labute approximate surface area is 392 Å². The molecule has 372 valence electrons. The van der Waals surface area contributed by atoms with Gasteiger partial charge in [-0.2, -0.15) is 0 Å². The van der Waals surface area contributed by atoms with Crippen LogP contribution >= 0.6 is 0 Å². The van der Waals surface area contributed by atoms with Gasteiger partial charge in [-0.1, -0.05) is 91.6 Å². The van der Waals surface area contributed by atoms with Crippen LogP contribution in [-0.4, -0.2) is 150 Å². The van der Waals surface area contributed by atoms with E-state index in [1.165, 1.54) is 14.2 Å². The Morgan fingerprint density at radius 1 is 0.848 bits per heavy atom. The lowest BCUT2D eigenvalue weighted by Crippen LogP contribution is -2.60. The summed E-state index contributed by atoms with van der Waals surface area (Å²) in [6, 6.07) is 6.24. The number of likely N-dealkylation sites (tertiary alicyclic amines) is 1. The highest BCUT2D eigenvalue weighted by molar-refractivity contribution is 6.01. The largest absolute Gasteiger partial charge is 0.386 e. The summed E-state index contributed by atoms with van der Waals surface area (Å²) in [7, 11) is 6.64. The number of aliphatic hydroxyl groups excluding tert-OH is 1. The van der Waals surface area contributed by atoms with Crippen LogP contribution in [0.3, 0.4) is 0 Å². The average molecular weight is 929 g/mol. The van der Waals surface area contributed by atoms with Gasteiger partial charge in [-0.15, -0.1) is 5.06 Å². The van der Waals surface area contributed by atoms with Crippen LogP contribution in [0.1, 0.15) is 131 Å². The molecule has 17 heteroatoms. The normalized spacial score (nSPS) is 19.5. The molecule has 66 heavy (non-hydrogen) atoms. The number of amides is 6. The van der Waals surface area contributed by atoms with E-state index in [0.29, 0.717) is 55.8 Å². The molecule has 1 aromatic rings. The fraction of sp³-hybridized carbons (Fsp3) is 0.735. The van der Waals surface area contributed by atoms with Crippen molar-refractivity contribution >= 4 is 41.4 Å². The van der Waals surface area contributed by atoms with Crippen LogP contribution in [0.25, 0.3) is 0 Å². The third kappa shape index (κ3) is 15.0. The molecule has 10 atom stereocenters. The Bertz CT molecular complexity index is 1750. The molecule has 2 fully saturated rings. The second-order valence-corrected chi connectivity index (χ2v) is 19.0. The first-order chi connectivity index (χ1) is 31.2. The van der Waals surface area contributed by atoms with Gasteiger partial charge in [0.05, 0.1) is 54.8 Å². The Kier molecular flexibility index (Phi) is 22.7. The first-order valence-corrected chi connectivity index (χ1v) is 23.9. The number of unbranched alkanes of at least 4 members (excludes halogenated alkanes) is 2. The van der Waals surface area contributed by atoms with Crippen molar-refractivity contribution in [2.45, 2.75) is 168 Å². The third-order valence-corrected chi connectivity index (χ3v) is 13.4. The molecule has 17 nitrogen and oxygen atoms in total. The highest BCUT2D eigenvalue weighted by Crippen LogP contribution is 2.30. The third-order valence-electron chi connectivity index (χ3n) is 13.4. The Hall–Kier alpha value is -4.45. The maximum Gasteiger partial charge on any atom is 0.333 e. The van der Waals surface area contributed by atoms with Crippen molar-refractivity contribution < 1.29 is 53.0 Å². The van der Waals surface area contributed by atoms with Crippen molar-refractivity contribution in [1.29, 1.82) is 0 Å². The summed E-state index contributed by atoms with van der Waals surface area (Å²) in [5, 5.41) is 17.5. The van der Waals surface area contributed by atoms with E-state index in [0.717, 1.165) is 6.42 Å². The summed E-state index contributed by atoms with van der Waals surface area (Å²) >= 11 is 0. The molecule has 2 aliphatic heterocycles. The number of hydrogen-bond donors (Lipinski definition) is 3. The molecule has 0 radical (unpaired) electrons. The van der Waals surface area contributed by atoms with Gasteiger partial charge >= 0.3 is 5.97 Å². The molecular formula is C49H80N6O11. The van der Waals surface area contributed by atoms with Gasteiger partial charge in [0.1, 0.15) is 6.04 Å². The maximum absolute atomic E-state index is 14.6. The van der Waals surface area contributed by atoms with Crippen molar-refractivity contribution in [1.82, 2.24) is 30.4 Å². The van der Waals surface area contributed by atoms with Crippen LogP contribution in [0.15, 0.2) is 30.3 Å². The highest BCUT2D eigenvalue weighted by atomic mass is 16.7. The first kappa shape index (κ1) is 55.9. The zero-order valence-electron chi connectivity index (χ0n) is 41.6. The molecule has 3 N–H and O–H groups in total. The standard InChI is InChI=1S/C49H80N6O11/c1-13-32(6)44(37(64-11)29-40(58)54-28-20-23-36(54)46(65-12)33(7)47(61)50-34(8)45(60)35-21-16-14-17-22-35)53(10)49(63)42(30(2)3)51-48(62)43(31(4)5)52(9)27-19-15-18-24-41(59)66-55-38(56)25-26-39(55)57/h14,16-17,21-22,30-34,36-37,42-46,60H,13,15,18-20,23-29H2,1-12H3,(H,50,61)(H,51,62)/t32?,33?,34?,36-,37?,42?,43?,44?,45?,46?/m0/s1. The number of methoxy groups -OCH3 is 2. The molecule has 3 rings (SSSR count). The number of nitrogens with zero attached hydrogens (tertiary/aromatic N) is 4. The smallest absolute Gasteiger partial charge is 0.333 e. The fourth-order valence-corrected chi connectivity index (χ4v) is 9.42. The number of rotatable bonds is 27. The molecule has 9 unspecified atom stereocenters. The number of nitrogens with one attached hydrogen (secondary N) is 2. The molecule has 0 spiro atoms. The minimum atomic E-state index is -0.903. The lowest BCUT2D eigenvalue weighted by molar-refractivity contribution is -0.197. The number of hydroxylamine groups is 2. The first-order valence-electron chi connectivity index (χ1n) is 23.9. The molecule has 0 aliphatic carbocycles. The van der Waals surface area contributed by atoms with Crippen molar-refractivity contribution in [2.24, 2.45) is 23.7 Å². The van der Waals surface area contributed by atoms with Gasteiger partial charge in [-0.25, -0.2) is 4.79 Å². The van der Waals surface area contributed by atoms with Crippen LogP contribution in [-0.2, 0) is 47.9 Å². The maximum atomic E-state index is 14.6. The van der Waals surface area contributed by atoms with Gasteiger partial charge in [0.15, 0.2) is 0 Å². The van der Waals surface area contributed by atoms with E-state index in [9.17, 15) is 38.7 Å². The fourth-order valence-electron chi connectivity index (χ4n) is 9.42. The van der Waals surface area contributed by atoms with Crippen LogP contribution in [0.2, 0.25) is 0 Å². The lowest BCUT2D eigenvalue weighted by Gasteiger charge is -2.41. The van der Waals surface area contributed by atoms with Crippen molar-refractivity contribution in [3.63, 3.8) is 0 Å². The van der Waals surface area contributed by atoms with E-state index in [-0.39, 0.29) is 73.1 Å². The number of likely N-dealkylation sites (N-methyl/N-ethyl adjacent to an activating group) is 2. The van der Waals surface area contributed by atoms with Crippen LogP contribution in [0, 0.1) is 23.7 Å². The van der Waals surface area contributed by atoms with Gasteiger partial charge in [0, 0.05) is 47.1 Å². The number of benzene rings is 1. The Morgan fingerprint density at radius 2 is 1.48 bits per heavy atom. The highest BCUT2D eigenvalue weighted by Gasteiger charge is 2.43. The summed E-state index contributed by atoms with van der Waals surface area (Å²) in [5.41, 5.74) is 0.692. The van der Waals surface area contributed by atoms with E-state index in [1.54, 1.807) is 42.8 Å². The quantitative estimate of drug-likeness (QED) is 0.0830. The van der Waals surface area contributed by atoms with Crippen molar-refractivity contribution in [2.75, 3.05) is 41.4 Å². The molecule has 2 aliphatic rings. The van der Waals surface area contributed by atoms with E-state index in [1.807, 2.05) is 71.7 Å². The summed E-state index contributed by atoms with van der Waals surface area (Å²) in [6.45, 7) is 16.2. The monoisotopic (exact) mass is 929 g/mol. The average Bonchev–Trinajstić information content (AvgIpc) is 3.90. The number of aliphatic hydroxyl groups is 1. The van der Waals surface area contributed by atoms with Crippen LogP contribution < -0.4 is 10.6 Å². The van der Waals surface area contributed by atoms with Gasteiger partial charge in [-0.3, -0.25) is 33.7 Å².